The Bertz CT molecular complexity index is 883. The first-order valence-corrected chi connectivity index (χ1v) is 8.14. The summed E-state index contributed by atoms with van der Waals surface area (Å²) in [7, 11) is 0. The molecule has 5 heteroatoms. The third-order valence-corrected chi connectivity index (χ3v) is 3.69. The third kappa shape index (κ3) is 5.47. The topological polar surface area (TPSA) is 66.2 Å². The molecular formula is C22H18N2O2Zn. The molecule has 0 radical (unpaired) electrons. The fourth-order valence-electron chi connectivity index (χ4n) is 2.42. The van der Waals surface area contributed by atoms with Gasteiger partial charge in [-0.25, -0.2) is 0 Å². The Morgan fingerprint density at radius 1 is 0.481 bits per heavy atom. The van der Waals surface area contributed by atoms with E-state index in [1.807, 2.05) is 60.7 Å². The van der Waals surface area contributed by atoms with E-state index in [4.69, 9.17) is 0 Å². The van der Waals surface area contributed by atoms with Gasteiger partial charge in [0.05, 0.1) is 11.4 Å². The van der Waals surface area contributed by atoms with Crippen molar-refractivity contribution in [3.8, 4) is 34.0 Å². The summed E-state index contributed by atoms with van der Waals surface area (Å²) in [6.45, 7) is 0. The largest absolute Gasteiger partial charge is 0.507 e. The van der Waals surface area contributed by atoms with Gasteiger partial charge in [-0.2, -0.15) is 0 Å². The van der Waals surface area contributed by atoms with Crippen LogP contribution in [0.2, 0.25) is 0 Å². The molecule has 0 unspecified atom stereocenters. The molecule has 2 aromatic heterocycles. The fourth-order valence-corrected chi connectivity index (χ4v) is 2.42. The zero-order valence-corrected chi connectivity index (χ0v) is 17.7. The maximum Gasteiger partial charge on any atom is 0.124 e. The van der Waals surface area contributed by atoms with E-state index in [9.17, 15) is 10.2 Å². The second-order valence-corrected chi connectivity index (χ2v) is 5.46. The third-order valence-electron chi connectivity index (χ3n) is 3.69. The minimum atomic E-state index is 0. The monoisotopic (exact) mass is 406 g/mol. The number of aromatic nitrogens is 2. The molecule has 0 aliphatic rings. The van der Waals surface area contributed by atoms with Crippen molar-refractivity contribution in [2.75, 3.05) is 0 Å². The number of aromatic hydroxyl groups is 2. The van der Waals surface area contributed by atoms with Crippen molar-refractivity contribution < 1.29 is 29.7 Å². The SMILES string of the molecule is Oc1ccccc1-c1ccccn1.Oc1ccccc1-c1ccccn1.[Zn]. The van der Waals surface area contributed by atoms with Crippen LogP contribution in [0.3, 0.4) is 0 Å². The van der Waals surface area contributed by atoms with Gasteiger partial charge in [0.25, 0.3) is 0 Å². The Balaban J connectivity index is 0.000000187. The van der Waals surface area contributed by atoms with Crippen LogP contribution in [-0.2, 0) is 19.5 Å². The number of benzene rings is 2. The number of phenols is 2. The van der Waals surface area contributed by atoms with Crippen molar-refractivity contribution in [1.82, 2.24) is 9.97 Å². The van der Waals surface area contributed by atoms with Gasteiger partial charge in [-0.05, 0) is 48.5 Å². The van der Waals surface area contributed by atoms with Crippen LogP contribution in [0.15, 0.2) is 97.3 Å². The Hall–Kier alpha value is -3.04. The molecule has 0 saturated carbocycles. The van der Waals surface area contributed by atoms with Crippen LogP contribution in [-0.4, -0.2) is 20.2 Å². The summed E-state index contributed by atoms with van der Waals surface area (Å²) in [4.78, 5) is 8.30. The number of nitrogens with zero attached hydrogens (tertiary/aromatic N) is 2. The van der Waals surface area contributed by atoms with Crippen LogP contribution >= 0.6 is 0 Å². The van der Waals surface area contributed by atoms with Gasteiger partial charge >= 0.3 is 0 Å². The maximum atomic E-state index is 9.52. The van der Waals surface area contributed by atoms with E-state index in [0.29, 0.717) is 0 Å². The fraction of sp³-hybridized carbons (Fsp3) is 0. The number of pyridine rings is 2. The van der Waals surface area contributed by atoms with E-state index in [2.05, 4.69) is 9.97 Å². The molecule has 0 spiro atoms. The first-order chi connectivity index (χ1) is 12.8. The van der Waals surface area contributed by atoms with E-state index >= 15 is 0 Å². The van der Waals surface area contributed by atoms with Gasteiger partial charge in [0.1, 0.15) is 11.5 Å². The minimum absolute atomic E-state index is 0. The Morgan fingerprint density at radius 2 is 0.852 bits per heavy atom. The summed E-state index contributed by atoms with van der Waals surface area (Å²) in [5.74, 6) is 0.530. The van der Waals surface area contributed by atoms with Crippen molar-refractivity contribution in [1.29, 1.82) is 0 Å². The number of phenolic OH excluding ortho intramolecular Hbond substituents is 2. The number of hydrogen-bond donors (Lipinski definition) is 2. The van der Waals surface area contributed by atoms with E-state index < -0.39 is 0 Å². The van der Waals surface area contributed by atoms with Gasteiger partial charge in [0, 0.05) is 43.0 Å². The van der Waals surface area contributed by atoms with Crippen LogP contribution in [0.4, 0.5) is 0 Å². The van der Waals surface area contributed by atoms with Gasteiger partial charge in [-0.3, -0.25) is 9.97 Å². The molecule has 0 aliphatic carbocycles. The van der Waals surface area contributed by atoms with E-state index in [0.717, 1.165) is 22.5 Å². The van der Waals surface area contributed by atoms with Crippen molar-refractivity contribution in [2.45, 2.75) is 0 Å². The second-order valence-electron chi connectivity index (χ2n) is 5.46. The molecule has 0 aliphatic heterocycles. The Kier molecular flexibility index (Phi) is 7.66. The normalized spacial score (nSPS) is 9.48. The molecule has 130 valence electrons. The molecule has 0 atom stereocenters. The minimum Gasteiger partial charge on any atom is -0.507 e. The molecule has 27 heavy (non-hydrogen) atoms. The second kappa shape index (κ2) is 10.2. The molecule has 2 N–H and O–H groups in total. The average Bonchev–Trinajstić information content (AvgIpc) is 2.71. The van der Waals surface area contributed by atoms with Crippen LogP contribution in [0, 0.1) is 0 Å². The van der Waals surface area contributed by atoms with E-state index in [1.54, 1.807) is 36.7 Å². The van der Waals surface area contributed by atoms with Crippen LogP contribution in [0.5, 0.6) is 11.5 Å². The van der Waals surface area contributed by atoms with Gasteiger partial charge in [-0.1, -0.05) is 36.4 Å². The molecule has 4 rings (SSSR count). The van der Waals surface area contributed by atoms with Crippen molar-refractivity contribution in [2.24, 2.45) is 0 Å². The zero-order valence-electron chi connectivity index (χ0n) is 14.7. The van der Waals surface area contributed by atoms with Gasteiger partial charge in [0.2, 0.25) is 0 Å². The molecule has 0 saturated heterocycles. The summed E-state index contributed by atoms with van der Waals surface area (Å²) in [6.07, 6.45) is 3.42. The zero-order chi connectivity index (χ0) is 18.2. The summed E-state index contributed by atoms with van der Waals surface area (Å²) in [5.41, 5.74) is 3.12. The predicted octanol–water partition coefficient (Wildman–Crippen LogP) is 4.91. The van der Waals surface area contributed by atoms with Gasteiger partial charge in [0.15, 0.2) is 0 Å². The molecular weight excluding hydrogens is 390 g/mol. The summed E-state index contributed by atoms with van der Waals surface area (Å²) < 4.78 is 0. The summed E-state index contributed by atoms with van der Waals surface area (Å²) in [6, 6.07) is 25.6. The molecule has 4 nitrogen and oxygen atoms in total. The van der Waals surface area contributed by atoms with Crippen LogP contribution in [0.25, 0.3) is 22.5 Å². The molecule has 0 fully saturated rings. The van der Waals surface area contributed by atoms with E-state index in [1.165, 1.54) is 0 Å². The van der Waals surface area contributed by atoms with Crippen molar-refractivity contribution in [3.05, 3.63) is 97.3 Å². The standard InChI is InChI=1S/2C11H9NO.Zn/c2*13-11-7-2-1-5-9(11)10-6-3-4-8-12-10;/h2*1-8,13H;. The molecule has 2 aromatic carbocycles. The molecule has 0 amide bonds. The Labute approximate surface area is 171 Å². The smallest absolute Gasteiger partial charge is 0.124 e. The Morgan fingerprint density at radius 3 is 1.19 bits per heavy atom. The number of hydrogen-bond acceptors (Lipinski definition) is 4. The first-order valence-electron chi connectivity index (χ1n) is 8.14. The van der Waals surface area contributed by atoms with Gasteiger partial charge < -0.3 is 10.2 Å². The summed E-state index contributed by atoms with van der Waals surface area (Å²) in [5, 5.41) is 19.0. The van der Waals surface area contributed by atoms with Crippen LogP contribution in [0.1, 0.15) is 0 Å². The van der Waals surface area contributed by atoms with Crippen LogP contribution < -0.4 is 0 Å². The van der Waals surface area contributed by atoms with Gasteiger partial charge in [-0.15, -0.1) is 0 Å². The number of rotatable bonds is 2. The van der Waals surface area contributed by atoms with E-state index in [-0.39, 0.29) is 31.0 Å². The number of para-hydroxylation sites is 2. The summed E-state index contributed by atoms with van der Waals surface area (Å²) >= 11 is 0. The maximum absolute atomic E-state index is 9.52. The molecule has 2 heterocycles. The molecule has 0 bridgehead atoms. The van der Waals surface area contributed by atoms with Crippen molar-refractivity contribution in [3.63, 3.8) is 0 Å². The van der Waals surface area contributed by atoms with Crippen molar-refractivity contribution >= 4 is 0 Å². The average molecular weight is 408 g/mol. The molecule has 4 aromatic rings. The predicted molar refractivity (Wildman–Crippen MR) is 103 cm³/mol. The first kappa shape index (κ1) is 20.3. The quantitative estimate of drug-likeness (QED) is 0.463.